The SMILES string of the molecule is CCCCCNOS(=O)(=O)c1ccccc1. The van der Waals surface area contributed by atoms with E-state index in [1.807, 2.05) is 0 Å². The maximum absolute atomic E-state index is 11.6. The predicted molar refractivity (Wildman–Crippen MR) is 62.2 cm³/mol. The maximum Gasteiger partial charge on any atom is 0.312 e. The third-order valence-corrected chi connectivity index (χ3v) is 3.27. The number of hydrogen-bond acceptors (Lipinski definition) is 4. The van der Waals surface area contributed by atoms with Crippen LogP contribution in [0.2, 0.25) is 0 Å². The molecule has 0 atom stereocenters. The highest BCUT2D eigenvalue weighted by Gasteiger charge is 2.13. The topological polar surface area (TPSA) is 55.4 Å². The summed E-state index contributed by atoms with van der Waals surface area (Å²) in [5, 5.41) is 0. The molecule has 0 bridgehead atoms. The summed E-state index contributed by atoms with van der Waals surface area (Å²) in [6.07, 6.45) is 3.05. The van der Waals surface area contributed by atoms with Gasteiger partial charge in [-0.1, -0.05) is 38.0 Å². The molecule has 0 saturated carbocycles. The molecule has 4 nitrogen and oxygen atoms in total. The lowest BCUT2D eigenvalue weighted by molar-refractivity contribution is 0.201. The monoisotopic (exact) mass is 243 g/mol. The van der Waals surface area contributed by atoms with Crippen LogP contribution in [0.15, 0.2) is 35.2 Å². The van der Waals surface area contributed by atoms with Crippen molar-refractivity contribution in [3.63, 3.8) is 0 Å². The van der Waals surface area contributed by atoms with Gasteiger partial charge in [0.15, 0.2) is 0 Å². The van der Waals surface area contributed by atoms with Crippen molar-refractivity contribution in [2.24, 2.45) is 0 Å². The Morgan fingerprint density at radius 2 is 1.88 bits per heavy atom. The largest absolute Gasteiger partial charge is 0.312 e. The zero-order valence-electron chi connectivity index (χ0n) is 9.35. The molecule has 1 aromatic carbocycles. The normalized spacial score (nSPS) is 11.6. The number of unbranched alkanes of at least 4 members (excludes halogenated alkanes) is 2. The standard InChI is InChI=1S/C11H17NO3S/c1-2-3-7-10-12-15-16(13,14)11-8-5-4-6-9-11/h4-6,8-9,12H,2-3,7,10H2,1H3. The number of rotatable bonds is 7. The fourth-order valence-corrected chi connectivity index (χ4v) is 2.03. The van der Waals surface area contributed by atoms with Crippen molar-refractivity contribution in [2.75, 3.05) is 6.54 Å². The van der Waals surface area contributed by atoms with E-state index in [4.69, 9.17) is 0 Å². The number of hydroxylamine groups is 1. The summed E-state index contributed by atoms with van der Waals surface area (Å²) in [4.78, 5) is 0.165. The van der Waals surface area contributed by atoms with E-state index in [9.17, 15) is 8.42 Å². The van der Waals surface area contributed by atoms with Crippen LogP contribution >= 0.6 is 0 Å². The van der Waals surface area contributed by atoms with Gasteiger partial charge < -0.3 is 0 Å². The van der Waals surface area contributed by atoms with Gasteiger partial charge >= 0.3 is 10.1 Å². The summed E-state index contributed by atoms with van der Waals surface area (Å²) >= 11 is 0. The molecule has 0 amide bonds. The minimum absolute atomic E-state index is 0.165. The Bertz CT molecular complexity index is 389. The average molecular weight is 243 g/mol. The second kappa shape index (κ2) is 6.62. The molecule has 0 heterocycles. The molecule has 0 radical (unpaired) electrons. The van der Waals surface area contributed by atoms with Gasteiger partial charge in [-0.3, -0.25) is 0 Å². The van der Waals surface area contributed by atoms with Crippen LogP contribution in [0.25, 0.3) is 0 Å². The van der Waals surface area contributed by atoms with E-state index in [0.717, 1.165) is 19.3 Å². The molecular weight excluding hydrogens is 226 g/mol. The molecule has 0 aliphatic heterocycles. The third kappa shape index (κ3) is 4.30. The molecule has 0 spiro atoms. The lowest BCUT2D eigenvalue weighted by atomic mass is 10.3. The first-order chi connectivity index (χ1) is 7.67. The lowest BCUT2D eigenvalue weighted by Gasteiger charge is -2.05. The molecule has 0 fully saturated rings. The highest BCUT2D eigenvalue weighted by atomic mass is 32.2. The summed E-state index contributed by atoms with van der Waals surface area (Å²) in [6.45, 7) is 2.63. The van der Waals surface area contributed by atoms with Gasteiger partial charge in [0.1, 0.15) is 0 Å². The van der Waals surface area contributed by atoms with Crippen molar-refractivity contribution in [3.8, 4) is 0 Å². The van der Waals surface area contributed by atoms with E-state index >= 15 is 0 Å². The summed E-state index contributed by atoms with van der Waals surface area (Å²) in [6, 6.07) is 8.08. The van der Waals surface area contributed by atoms with Gasteiger partial charge in [-0.25, -0.2) is 0 Å². The number of nitrogens with one attached hydrogen (secondary N) is 1. The minimum atomic E-state index is -3.66. The molecule has 5 heteroatoms. The first-order valence-electron chi connectivity index (χ1n) is 5.38. The van der Waals surface area contributed by atoms with Crippen molar-refractivity contribution in [2.45, 2.75) is 31.1 Å². The van der Waals surface area contributed by atoms with Gasteiger partial charge in [0.05, 0.1) is 4.90 Å². The van der Waals surface area contributed by atoms with Crippen LogP contribution in [0.1, 0.15) is 26.2 Å². The molecule has 1 N–H and O–H groups in total. The fraction of sp³-hybridized carbons (Fsp3) is 0.455. The Morgan fingerprint density at radius 3 is 2.50 bits per heavy atom. The Kier molecular flexibility index (Phi) is 5.45. The molecule has 0 saturated heterocycles. The smallest absolute Gasteiger partial charge is 0.192 e. The zero-order chi connectivity index (χ0) is 11.9. The molecule has 0 aromatic heterocycles. The van der Waals surface area contributed by atoms with Crippen LogP contribution in [-0.2, 0) is 14.4 Å². The molecule has 90 valence electrons. The molecule has 0 aliphatic rings. The van der Waals surface area contributed by atoms with Crippen LogP contribution < -0.4 is 5.48 Å². The van der Waals surface area contributed by atoms with Gasteiger partial charge in [0.2, 0.25) is 0 Å². The van der Waals surface area contributed by atoms with Gasteiger partial charge in [-0.2, -0.15) is 18.2 Å². The van der Waals surface area contributed by atoms with E-state index in [0.29, 0.717) is 6.54 Å². The van der Waals surface area contributed by atoms with Gasteiger partial charge in [-0.05, 0) is 18.6 Å². The summed E-state index contributed by atoms with van der Waals surface area (Å²) in [5.74, 6) is 0. The van der Waals surface area contributed by atoms with Crippen LogP contribution in [0.3, 0.4) is 0 Å². The fourth-order valence-electron chi connectivity index (χ4n) is 1.20. The molecule has 1 aromatic rings. The van der Waals surface area contributed by atoms with E-state index in [2.05, 4.69) is 16.7 Å². The summed E-state index contributed by atoms with van der Waals surface area (Å²) < 4.78 is 27.8. The Hall–Kier alpha value is -0.910. The van der Waals surface area contributed by atoms with E-state index < -0.39 is 10.1 Å². The summed E-state index contributed by atoms with van der Waals surface area (Å²) in [7, 11) is -3.66. The van der Waals surface area contributed by atoms with Gasteiger partial charge in [0.25, 0.3) is 0 Å². The van der Waals surface area contributed by atoms with Crippen molar-refractivity contribution in [3.05, 3.63) is 30.3 Å². The Balaban J connectivity index is 2.41. The highest BCUT2D eigenvalue weighted by molar-refractivity contribution is 7.86. The minimum Gasteiger partial charge on any atom is -0.192 e. The van der Waals surface area contributed by atoms with Gasteiger partial charge in [-0.15, -0.1) is 0 Å². The second-order valence-corrected chi connectivity index (χ2v) is 5.00. The predicted octanol–water partition coefficient (Wildman–Crippen LogP) is 2.09. The van der Waals surface area contributed by atoms with Crippen LogP contribution in [0, 0.1) is 0 Å². The van der Waals surface area contributed by atoms with Crippen LogP contribution in [-0.4, -0.2) is 15.0 Å². The molecule has 1 rings (SSSR count). The molecular formula is C11H17NO3S. The van der Waals surface area contributed by atoms with E-state index in [-0.39, 0.29) is 4.90 Å². The quantitative estimate of drug-likeness (QED) is 0.588. The number of hydrogen-bond donors (Lipinski definition) is 1. The van der Waals surface area contributed by atoms with Crippen LogP contribution in [0.5, 0.6) is 0 Å². The lowest BCUT2D eigenvalue weighted by Crippen LogP contribution is -2.21. The van der Waals surface area contributed by atoms with E-state index in [1.54, 1.807) is 18.2 Å². The van der Waals surface area contributed by atoms with Crippen LogP contribution in [0.4, 0.5) is 0 Å². The Morgan fingerprint density at radius 1 is 1.19 bits per heavy atom. The van der Waals surface area contributed by atoms with E-state index in [1.165, 1.54) is 12.1 Å². The Labute approximate surface area is 96.7 Å². The zero-order valence-corrected chi connectivity index (χ0v) is 10.2. The maximum atomic E-state index is 11.6. The molecule has 0 unspecified atom stereocenters. The van der Waals surface area contributed by atoms with Crippen molar-refractivity contribution in [1.29, 1.82) is 0 Å². The second-order valence-electron chi connectivity index (χ2n) is 3.45. The van der Waals surface area contributed by atoms with Crippen molar-refractivity contribution < 1.29 is 12.7 Å². The number of benzene rings is 1. The first kappa shape index (κ1) is 13.2. The molecule has 16 heavy (non-hydrogen) atoms. The van der Waals surface area contributed by atoms with Gasteiger partial charge in [0, 0.05) is 6.54 Å². The van der Waals surface area contributed by atoms with Crippen molar-refractivity contribution in [1.82, 2.24) is 5.48 Å². The third-order valence-electron chi connectivity index (χ3n) is 2.08. The first-order valence-corrected chi connectivity index (χ1v) is 6.79. The average Bonchev–Trinajstić information content (AvgIpc) is 2.30. The molecule has 0 aliphatic carbocycles. The highest BCUT2D eigenvalue weighted by Crippen LogP contribution is 2.09. The summed E-state index contributed by atoms with van der Waals surface area (Å²) in [5.41, 5.74) is 2.47. The van der Waals surface area contributed by atoms with Crippen molar-refractivity contribution >= 4 is 10.1 Å².